The number of carbonyl (C=O) groups excluding carboxylic acids is 2. The molecule has 1 aromatic heterocycles. The minimum Gasteiger partial charge on any atom is -0.492 e. The third kappa shape index (κ3) is 6.04. The van der Waals surface area contributed by atoms with Crippen LogP contribution in [0.4, 0.5) is 0 Å². The second-order valence-electron chi connectivity index (χ2n) is 4.67. The van der Waals surface area contributed by atoms with E-state index in [0.717, 1.165) is 0 Å². The number of furan rings is 1. The summed E-state index contributed by atoms with van der Waals surface area (Å²) in [6.07, 6.45) is 2.97. The van der Waals surface area contributed by atoms with E-state index < -0.39 is 0 Å². The predicted molar refractivity (Wildman–Crippen MR) is 85.6 cm³/mol. The van der Waals surface area contributed by atoms with E-state index in [4.69, 9.17) is 20.8 Å². The van der Waals surface area contributed by atoms with Gasteiger partial charge >= 0.3 is 0 Å². The Hall–Kier alpha value is -2.47. The lowest BCUT2D eigenvalue weighted by molar-refractivity contribution is -0.121. The Kier molecular flexibility index (Phi) is 6.50. The number of halogens is 1. The molecule has 0 fully saturated rings. The van der Waals surface area contributed by atoms with E-state index in [1.165, 1.54) is 12.5 Å². The number of hydrogen-bond acceptors (Lipinski definition) is 4. The molecule has 0 bridgehead atoms. The zero-order valence-corrected chi connectivity index (χ0v) is 13.1. The number of nitrogens with one attached hydrogen (secondary N) is 2. The van der Waals surface area contributed by atoms with Crippen LogP contribution < -0.4 is 15.4 Å². The third-order valence-electron chi connectivity index (χ3n) is 2.93. The van der Waals surface area contributed by atoms with Crippen LogP contribution in [0.25, 0.3) is 0 Å². The number of ether oxygens (including phenoxy) is 1. The van der Waals surface area contributed by atoms with Crippen molar-refractivity contribution >= 4 is 23.4 Å². The summed E-state index contributed by atoms with van der Waals surface area (Å²) in [7, 11) is 0. The van der Waals surface area contributed by atoms with Gasteiger partial charge in [-0.25, -0.2) is 0 Å². The molecule has 0 atom stereocenters. The molecule has 2 amide bonds. The summed E-state index contributed by atoms with van der Waals surface area (Å²) in [5.74, 6) is 0.269. The van der Waals surface area contributed by atoms with Crippen LogP contribution in [0.15, 0.2) is 47.3 Å². The molecular weight excluding hydrogens is 320 g/mol. The lowest BCUT2D eigenvalue weighted by atomic mass is 10.3. The maximum absolute atomic E-state index is 11.6. The minimum atomic E-state index is -0.266. The molecule has 1 aromatic carbocycles. The van der Waals surface area contributed by atoms with Crippen LogP contribution in [0.5, 0.6) is 5.75 Å². The van der Waals surface area contributed by atoms with Crippen LogP contribution in [0, 0.1) is 0 Å². The Balaban J connectivity index is 1.55. The van der Waals surface area contributed by atoms with E-state index in [0.29, 0.717) is 29.5 Å². The summed E-state index contributed by atoms with van der Waals surface area (Å²) in [5, 5.41) is 5.99. The van der Waals surface area contributed by atoms with Gasteiger partial charge in [0.05, 0.1) is 18.4 Å². The molecule has 7 heteroatoms. The molecule has 0 aliphatic rings. The van der Waals surface area contributed by atoms with Crippen molar-refractivity contribution < 1.29 is 18.7 Å². The molecule has 1 heterocycles. The van der Waals surface area contributed by atoms with Gasteiger partial charge < -0.3 is 19.8 Å². The van der Waals surface area contributed by atoms with Crippen molar-refractivity contribution in [3.63, 3.8) is 0 Å². The molecule has 0 aliphatic heterocycles. The molecular formula is C16H17ClN2O4. The molecule has 2 N–H and O–H groups in total. The van der Waals surface area contributed by atoms with Gasteiger partial charge in [0.25, 0.3) is 5.91 Å². The average Bonchev–Trinajstić information content (AvgIpc) is 3.08. The minimum absolute atomic E-state index is 0.155. The summed E-state index contributed by atoms with van der Waals surface area (Å²) >= 11 is 5.77. The quantitative estimate of drug-likeness (QED) is 0.724. The summed E-state index contributed by atoms with van der Waals surface area (Å²) < 4.78 is 10.3. The highest BCUT2D eigenvalue weighted by Crippen LogP contribution is 2.15. The molecule has 2 aromatic rings. The van der Waals surface area contributed by atoms with Crippen LogP contribution in [-0.2, 0) is 4.79 Å². The maximum atomic E-state index is 11.6. The predicted octanol–water partition coefficient (Wildman–Crippen LogP) is 2.25. The molecule has 6 nitrogen and oxygen atoms in total. The van der Waals surface area contributed by atoms with Gasteiger partial charge in [-0.3, -0.25) is 9.59 Å². The average molecular weight is 337 g/mol. The fourth-order valence-corrected chi connectivity index (χ4v) is 1.89. The van der Waals surface area contributed by atoms with Crippen LogP contribution >= 0.6 is 11.6 Å². The first kappa shape index (κ1) is 16.9. The van der Waals surface area contributed by atoms with Crippen molar-refractivity contribution in [2.75, 3.05) is 19.7 Å². The molecule has 0 radical (unpaired) electrons. The molecule has 23 heavy (non-hydrogen) atoms. The zero-order valence-electron chi connectivity index (χ0n) is 12.4. The first-order chi connectivity index (χ1) is 11.1. The highest BCUT2D eigenvalue weighted by Gasteiger charge is 2.07. The summed E-state index contributed by atoms with van der Waals surface area (Å²) in [5.41, 5.74) is 0.432. The van der Waals surface area contributed by atoms with Gasteiger partial charge in [0.1, 0.15) is 18.6 Å². The topological polar surface area (TPSA) is 80.6 Å². The van der Waals surface area contributed by atoms with Gasteiger partial charge in [-0.05, 0) is 30.3 Å². The molecule has 0 saturated heterocycles. The van der Waals surface area contributed by atoms with Crippen LogP contribution in [0.3, 0.4) is 0 Å². The van der Waals surface area contributed by atoms with E-state index >= 15 is 0 Å². The van der Waals surface area contributed by atoms with E-state index in [1.54, 1.807) is 30.3 Å². The van der Waals surface area contributed by atoms with Gasteiger partial charge in [-0.15, -0.1) is 0 Å². The first-order valence-electron chi connectivity index (χ1n) is 7.10. The number of hydrogen-bond donors (Lipinski definition) is 2. The molecule has 122 valence electrons. The van der Waals surface area contributed by atoms with Gasteiger partial charge in [-0.1, -0.05) is 11.6 Å². The van der Waals surface area contributed by atoms with Crippen molar-refractivity contribution in [2.45, 2.75) is 6.42 Å². The Bertz CT molecular complexity index is 626. The van der Waals surface area contributed by atoms with Crippen molar-refractivity contribution in [3.8, 4) is 5.75 Å². The fraction of sp³-hybridized carbons (Fsp3) is 0.250. The van der Waals surface area contributed by atoms with Crippen molar-refractivity contribution in [1.82, 2.24) is 10.6 Å². The standard InChI is InChI=1S/C16H17ClN2O4/c17-13-1-3-14(4-2-13)23-10-8-18-15(20)5-7-19-16(21)12-6-9-22-11-12/h1-4,6,9,11H,5,7-8,10H2,(H,18,20)(H,19,21). The summed E-state index contributed by atoms with van der Waals surface area (Å²) in [6, 6.07) is 8.55. The van der Waals surface area contributed by atoms with Gasteiger partial charge in [0.15, 0.2) is 0 Å². The monoisotopic (exact) mass is 336 g/mol. The smallest absolute Gasteiger partial charge is 0.254 e. The summed E-state index contributed by atoms with van der Waals surface area (Å²) in [6.45, 7) is 1.000. The first-order valence-corrected chi connectivity index (χ1v) is 7.48. The second kappa shape index (κ2) is 8.85. The SMILES string of the molecule is O=C(CCNC(=O)c1ccoc1)NCCOc1ccc(Cl)cc1. The molecule has 0 saturated carbocycles. The van der Waals surface area contributed by atoms with Gasteiger partial charge in [-0.2, -0.15) is 0 Å². The molecule has 2 rings (SSSR count). The highest BCUT2D eigenvalue weighted by molar-refractivity contribution is 6.30. The van der Waals surface area contributed by atoms with E-state index in [9.17, 15) is 9.59 Å². The number of benzene rings is 1. The molecule has 0 spiro atoms. The number of rotatable bonds is 8. The zero-order chi connectivity index (χ0) is 16.5. The highest BCUT2D eigenvalue weighted by atomic mass is 35.5. The largest absolute Gasteiger partial charge is 0.492 e. The van der Waals surface area contributed by atoms with Gasteiger partial charge in [0.2, 0.25) is 5.91 Å². The van der Waals surface area contributed by atoms with Crippen LogP contribution in [-0.4, -0.2) is 31.5 Å². The molecule has 0 unspecified atom stereocenters. The number of carbonyl (C=O) groups is 2. The Morgan fingerprint density at radius 1 is 1.09 bits per heavy atom. The maximum Gasteiger partial charge on any atom is 0.254 e. The van der Waals surface area contributed by atoms with Crippen LogP contribution in [0.1, 0.15) is 16.8 Å². The lowest BCUT2D eigenvalue weighted by Crippen LogP contribution is -2.32. The van der Waals surface area contributed by atoms with Crippen molar-refractivity contribution in [1.29, 1.82) is 0 Å². The normalized spacial score (nSPS) is 10.1. The second-order valence-corrected chi connectivity index (χ2v) is 5.11. The Labute approximate surface area is 138 Å². The number of amides is 2. The van der Waals surface area contributed by atoms with Gasteiger partial charge in [0, 0.05) is 18.0 Å². The Morgan fingerprint density at radius 3 is 2.57 bits per heavy atom. The molecule has 0 aliphatic carbocycles. The van der Waals surface area contributed by atoms with E-state index in [-0.39, 0.29) is 24.8 Å². The Morgan fingerprint density at radius 2 is 1.87 bits per heavy atom. The summed E-state index contributed by atoms with van der Waals surface area (Å²) in [4.78, 5) is 23.2. The lowest BCUT2D eigenvalue weighted by Gasteiger charge is -2.08. The van der Waals surface area contributed by atoms with E-state index in [2.05, 4.69) is 10.6 Å². The van der Waals surface area contributed by atoms with Crippen molar-refractivity contribution in [3.05, 3.63) is 53.4 Å². The van der Waals surface area contributed by atoms with Crippen LogP contribution in [0.2, 0.25) is 5.02 Å². The third-order valence-corrected chi connectivity index (χ3v) is 3.18. The van der Waals surface area contributed by atoms with Crippen molar-refractivity contribution in [2.24, 2.45) is 0 Å². The fourth-order valence-electron chi connectivity index (χ4n) is 1.76. The van der Waals surface area contributed by atoms with E-state index in [1.807, 2.05) is 0 Å².